The molecule has 2 atom stereocenters. The molecule has 0 aliphatic carbocycles. The van der Waals surface area contributed by atoms with Crippen LogP contribution in [0.3, 0.4) is 0 Å². The largest absolute Gasteiger partial charge is 0.339 e. The number of amides is 2. The molecule has 0 saturated carbocycles. The summed E-state index contributed by atoms with van der Waals surface area (Å²) in [4.78, 5) is 25.8. The molecule has 1 aliphatic heterocycles. The zero-order chi connectivity index (χ0) is 19.8. The average Bonchev–Trinajstić information content (AvgIpc) is 2.96. The van der Waals surface area contributed by atoms with Crippen LogP contribution < -0.4 is 10.6 Å². The third-order valence-corrected chi connectivity index (χ3v) is 5.16. The SMILES string of the molecule is Cc1cccc(C2c3c(C)nn(C)c3NC(=O)C2NC(=O)c2ccccc2)c1. The number of rotatable bonds is 3. The van der Waals surface area contributed by atoms with Gasteiger partial charge in [0.2, 0.25) is 5.91 Å². The van der Waals surface area contributed by atoms with Gasteiger partial charge in [0.15, 0.2) is 0 Å². The van der Waals surface area contributed by atoms with Crippen molar-refractivity contribution in [2.24, 2.45) is 7.05 Å². The van der Waals surface area contributed by atoms with Gasteiger partial charge in [0.1, 0.15) is 11.9 Å². The van der Waals surface area contributed by atoms with E-state index in [0.29, 0.717) is 11.4 Å². The third kappa shape index (κ3) is 3.07. The molecule has 1 aliphatic rings. The molecule has 3 aromatic rings. The van der Waals surface area contributed by atoms with Crippen molar-refractivity contribution in [3.63, 3.8) is 0 Å². The number of aromatic nitrogens is 2. The number of nitrogens with zero attached hydrogens (tertiary/aromatic N) is 2. The van der Waals surface area contributed by atoms with Crippen molar-refractivity contribution in [2.45, 2.75) is 25.8 Å². The summed E-state index contributed by atoms with van der Waals surface area (Å²) < 4.78 is 1.68. The second-order valence-electron chi connectivity index (χ2n) is 7.17. The van der Waals surface area contributed by atoms with Crippen molar-refractivity contribution in [1.29, 1.82) is 0 Å². The molecule has 1 aromatic heterocycles. The zero-order valence-corrected chi connectivity index (χ0v) is 16.1. The Hall–Kier alpha value is -3.41. The highest BCUT2D eigenvalue weighted by Gasteiger charge is 2.41. The van der Waals surface area contributed by atoms with Crippen LogP contribution >= 0.6 is 0 Å². The lowest BCUT2D eigenvalue weighted by molar-refractivity contribution is -0.118. The van der Waals surface area contributed by atoms with Gasteiger partial charge < -0.3 is 10.6 Å². The van der Waals surface area contributed by atoms with Crippen LogP contribution in [0.1, 0.15) is 38.7 Å². The zero-order valence-electron chi connectivity index (χ0n) is 16.1. The van der Waals surface area contributed by atoms with Gasteiger partial charge in [-0.2, -0.15) is 5.10 Å². The minimum Gasteiger partial charge on any atom is -0.339 e. The Morgan fingerprint density at radius 2 is 1.86 bits per heavy atom. The first kappa shape index (κ1) is 18.0. The smallest absolute Gasteiger partial charge is 0.251 e. The molecule has 4 rings (SSSR count). The van der Waals surface area contributed by atoms with Crippen molar-refractivity contribution >= 4 is 17.6 Å². The molecular formula is C22H22N4O2. The number of aryl methyl sites for hydroxylation is 3. The van der Waals surface area contributed by atoms with Crippen LogP contribution in [0, 0.1) is 13.8 Å². The Labute approximate surface area is 163 Å². The fourth-order valence-corrected chi connectivity index (χ4v) is 3.89. The number of hydrogen-bond acceptors (Lipinski definition) is 3. The fraction of sp³-hybridized carbons (Fsp3) is 0.227. The molecule has 2 aromatic carbocycles. The summed E-state index contributed by atoms with van der Waals surface area (Å²) >= 11 is 0. The Bertz CT molecular complexity index is 1060. The van der Waals surface area contributed by atoms with E-state index in [-0.39, 0.29) is 17.7 Å². The second kappa shape index (κ2) is 6.96. The molecule has 28 heavy (non-hydrogen) atoms. The van der Waals surface area contributed by atoms with Crippen molar-refractivity contribution < 1.29 is 9.59 Å². The molecular weight excluding hydrogens is 352 g/mol. The number of carbonyl (C=O) groups is 2. The maximum Gasteiger partial charge on any atom is 0.251 e. The van der Waals surface area contributed by atoms with E-state index in [1.54, 1.807) is 28.9 Å². The van der Waals surface area contributed by atoms with Crippen LogP contribution in [0.25, 0.3) is 0 Å². The minimum atomic E-state index is -0.732. The van der Waals surface area contributed by atoms with Crippen LogP contribution in [-0.4, -0.2) is 27.6 Å². The maximum absolute atomic E-state index is 13.0. The number of carbonyl (C=O) groups excluding carboxylic acids is 2. The van der Waals surface area contributed by atoms with Gasteiger partial charge in [-0.1, -0.05) is 48.0 Å². The highest BCUT2D eigenvalue weighted by Crippen LogP contribution is 2.39. The van der Waals surface area contributed by atoms with Gasteiger partial charge in [-0.05, 0) is 31.5 Å². The van der Waals surface area contributed by atoms with Crippen LogP contribution in [0.2, 0.25) is 0 Å². The predicted octanol–water partition coefficient (Wildman–Crippen LogP) is 2.92. The van der Waals surface area contributed by atoms with Gasteiger partial charge >= 0.3 is 0 Å². The summed E-state index contributed by atoms with van der Waals surface area (Å²) in [6, 6.07) is 16.2. The van der Waals surface area contributed by atoms with Crippen LogP contribution in [-0.2, 0) is 11.8 Å². The van der Waals surface area contributed by atoms with Crippen molar-refractivity contribution in [2.75, 3.05) is 5.32 Å². The molecule has 0 radical (unpaired) electrons. The van der Waals surface area contributed by atoms with Crippen LogP contribution in [0.5, 0.6) is 0 Å². The van der Waals surface area contributed by atoms with Crippen molar-refractivity contribution in [1.82, 2.24) is 15.1 Å². The quantitative estimate of drug-likeness (QED) is 0.740. The van der Waals surface area contributed by atoms with E-state index in [2.05, 4.69) is 21.8 Å². The highest BCUT2D eigenvalue weighted by molar-refractivity contribution is 6.03. The summed E-state index contributed by atoms with van der Waals surface area (Å²) in [5.41, 5.74) is 4.37. The van der Waals surface area contributed by atoms with E-state index in [9.17, 15) is 9.59 Å². The number of anilines is 1. The molecule has 0 spiro atoms. The molecule has 6 nitrogen and oxygen atoms in total. The molecule has 142 valence electrons. The average molecular weight is 374 g/mol. The molecule has 2 unspecified atom stereocenters. The summed E-state index contributed by atoms with van der Waals surface area (Å²) in [5.74, 6) is -0.154. The summed E-state index contributed by atoms with van der Waals surface area (Å²) in [7, 11) is 1.81. The lowest BCUT2D eigenvalue weighted by Gasteiger charge is -2.32. The van der Waals surface area contributed by atoms with E-state index < -0.39 is 6.04 Å². The van der Waals surface area contributed by atoms with Crippen molar-refractivity contribution in [3.05, 3.63) is 82.5 Å². The molecule has 2 amide bonds. The number of hydrogen-bond donors (Lipinski definition) is 2. The normalized spacial score (nSPS) is 18.3. The first-order valence-corrected chi connectivity index (χ1v) is 9.22. The lowest BCUT2D eigenvalue weighted by atomic mass is 9.81. The summed E-state index contributed by atoms with van der Waals surface area (Å²) in [6.45, 7) is 3.94. The molecule has 0 saturated heterocycles. The maximum atomic E-state index is 13.0. The first-order chi connectivity index (χ1) is 13.5. The fourth-order valence-electron chi connectivity index (χ4n) is 3.89. The summed E-state index contributed by atoms with van der Waals surface area (Å²) in [6.07, 6.45) is 0. The number of benzene rings is 2. The van der Waals surface area contributed by atoms with E-state index in [4.69, 9.17) is 0 Å². The second-order valence-corrected chi connectivity index (χ2v) is 7.17. The summed E-state index contributed by atoms with van der Waals surface area (Å²) in [5, 5.41) is 10.3. The number of nitrogens with one attached hydrogen (secondary N) is 2. The minimum absolute atomic E-state index is 0.244. The van der Waals surface area contributed by atoms with E-state index >= 15 is 0 Å². The molecule has 0 bridgehead atoms. The van der Waals surface area contributed by atoms with Gasteiger partial charge in [-0.25, -0.2) is 0 Å². The van der Waals surface area contributed by atoms with Gasteiger partial charge in [0.05, 0.1) is 5.69 Å². The first-order valence-electron chi connectivity index (χ1n) is 9.22. The topological polar surface area (TPSA) is 76.0 Å². The lowest BCUT2D eigenvalue weighted by Crippen LogP contribution is -2.50. The van der Waals surface area contributed by atoms with Gasteiger partial charge in [-0.15, -0.1) is 0 Å². The van der Waals surface area contributed by atoms with E-state index in [1.165, 1.54) is 0 Å². The molecule has 2 heterocycles. The molecule has 0 fully saturated rings. The van der Waals surface area contributed by atoms with Gasteiger partial charge in [-0.3, -0.25) is 14.3 Å². The molecule has 6 heteroatoms. The predicted molar refractivity (Wildman–Crippen MR) is 107 cm³/mol. The van der Waals surface area contributed by atoms with Crippen LogP contribution in [0.15, 0.2) is 54.6 Å². The van der Waals surface area contributed by atoms with Crippen molar-refractivity contribution in [3.8, 4) is 0 Å². The monoisotopic (exact) mass is 374 g/mol. The Morgan fingerprint density at radius 3 is 2.57 bits per heavy atom. The number of fused-ring (bicyclic) bond motifs is 1. The Kier molecular flexibility index (Phi) is 4.47. The Morgan fingerprint density at radius 1 is 1.11 bits per heavy atom. The van der Waals surface area contributed by atoms with E-state index in [0.717, 1.165) is 22.4 Å². The third-order valence-electron chi connectivity index (χ3n) is 5.16. The Balaban J connectivity index is 1.80. The molecule has 2 N–H and O–H groups in total. The van der Waals surface area contributed by atoms with Gasteiger partial charge in [0.25, 0.3) is 5.91 Å². The van der Waals surface area contributed by atoms with E-state index in [1.807, 2.05) is 45.2 Å². The highest BCUT2D eigenvalue weighted by atomic mass is 16.2. The standard InChI is InChI=1S/C22H22N4O2/c1-13-8-7-11-16(12-13)18-17-14(2)25-26(3)20(17)24-22(28)19(18)23-21(27)15-9-5-4-6-10-15/h4-12,18-19H,1-3H3,(H,23,27)(H,24,28). The van der Waals surface area contributed by atoms with Crippen LogP contribution in [0.4, 0.5) is 5.82 Å². The van der Waals surface area contributed by atoms with Gasteiger partial charge in [0, 0.05) is 24.1 Å².